The molecule has 0 saturated carbocycles. The molecule has 1 aromatic heterocycles. The summed E-state index contributed by atoms with van der Waals surface area (Å²) in [6.45, 7) is -1.54. The molecular weight excluding hydrogens is 372 g/mol. The maximum absolute atomic E-state index is 12.4. The largest absolute Gasteiger partial charge is 0.480 e. The fraction of sp³-hybridized carbons (Fsp3) is 0.214. The van der Waals surface area contributed by atoms with Crippen molar-refractivity contribution in [3.63, 3.8) is 0 Å². The lowest BCUT2D eigenvalue weighted by Crippen LogP contribution is -2.20. The topological polar surface area (TPSA) is 61.3 Å². The zero-order valence-corrected chi connectivity index (χ0v) is 13.3. The van der Waals surface area contributed by atoms with Gasteiger partial charge in [0.1, 0.15) is 5.69 Å². The van der Waals surface area contributed by atoms with Gasteiger partial charge >= 0.3 is 6.18 Å². The van der Waals surface area contributed by atoms with Crippen LogP contribution in [0.1, 0.15) is 5.82 Å². The Labute approximate surface area is 144 Å². The molecule has 128 valence electrons. The Morgan fingerprint density at radius 2 is 1.96 bits per heavy atom. The van der Waals surface area contributed by atoms with E-state index in [1.54, 1.807) is 0 Å². The number of alkyl halides is 3. The molecule has 0 bridgehead atoms. The van der Waals surface area contributed by atoms with Crippen molar-refractivity contribution in [3.05, 3.63) is 40.3 Å². The molecule has 0 aliphatic rings. The molecule has 0 unspecified atom stereocenters. The third kappa shape index (κ3) is 4.97. The quantitative estimate of drug-likeness (QED) is 0.707. The summed E-state index contributed by atoms with van der Waals surface area (Å²) in [5, 5.41) is 0.469. The number of hydrogen-bond acceptors (Lipinski definition) is 5. The van der Waals surface area contributed by atoms with E-state index in [0.29, 0.717) is 5.56 Å². The molecule has 24 heavy (non-hydrogen) atoms. The Hall–Kier alpha value is -2.06. The van der Waals surface area contributed by atoms with Gasteiger partial charge in [-0.25, -0.2) is 9.97 Å². The van der Waals surface area contributed by atoms with Gasteiger partial charge in [0.15, 0.2) is 24.8 Å². The summed E-state index contributed by atoms with van der Waals surface area (Å²) in [6.07, 6.45) is -3.45. The molecule has 0 amide bonds. The normalized spacial score (nSPS) is 11.2. The third-order valence-corrected chi connectivity index (χ3v) is 3.41. The predicted molar refractivity (Wildman–Crippen MR) is 79.9 cm³/mol. The first-order chi connectivity index (χ1) is 11.3. The monoisotopic (exact) mass is 380 g/mol. The Bertz CT molecular complexity index is 742. The van der Waals surface area contributed by atoms with E-state index in [9.17, 15) is 18.0 Å². The summed E-state index contributed by atoms with van der Waals surface area (Å²) >= 11 is 11.7. The molecule has 10 heteroatoms. The highest BCUT2D eigenvalue weighted by atomic mass is 35.5. The van der Waals surface area contributed by atoms with Crippen molar-refractivity contribution in [3.8, 4) is 17.0 Å². The second-order valence-electron chi connectivity index (χ2n) is 4.44. The third-order valence-electron chi connectivity index (χ3n) is 2.67. The SMILES string of the molecule is O=COCc1ncc(OCC(F)(F)F)c(-c2ccc(Cl)c(Cl)c2)n1. The van der Waals surface area contributed by atoms with Crippen LogP contribution in [0, 0.1) is 0 Å². The van der Waals surface area contributed by atoms with Crippen LogP contribution in [0.15, 0.2) is 24.4 Å². The van der Waals surface area contributed by atoms with Crippen LogP contribution >= 0.6 is 23.2 Å². The lowest BCUT2D eigenvalue weighted by molar-refractivity contribution is -0.153. The van der Waals surface area contributed by atoms with E-state index >= 15 is 0 Å². The van der Waals surface area contributed by atoms with Gasteiger partial charge in [-0.15, -0.1) is 0 Å². The van der Waals surface area contributed by atoms with Gasteiger partial charge < -0.3 is 9.47 Å². The molecule has 0 radical (unpaired) electrons. The van der Waals surface area contributed by atoms with Gasteiger partial charge in [-0.1, -0.05) is 29.3 Å². The van der Waals surface area contributed by atoms with Crippen LogP contribution in [0.3, 0.4) is 0 Å². The maximum atomic E-state index is 12.4. The highest BCUT2D eigenvalue weighted by Crippen LogP contribution is 2.33. The number of rotatable bonds is 6. The van der Waals surface area contributed by atoms with Gasteiger partial charge in [-0.2, -0.15) is 13.2 Å². The van der Waals surface area contributed by atoms with Crippen molar-refractivity contribution in [2.75, 3.05) is 6.61 Å². The number of aromatic nitrogens is 2. The van der Waals surface area contributed by atoms with Gasteiger partial charge in [0.2, 0.25) is 0 Å². The first-order valence-electron chi connectivity index (χ1n) is 6.36. The van der Waals surface area contributed by atoms with Crippen molar-refractivity contribution >= 4 is 29.7 Å². The first kappa shape index (κ1) is 18.3. The molecule has 1 heterocycles. The van der Waals surface area contributed by atoms with E-state index < -0.39 is 12.8 Å². The number of benzene rings is 1. The summed E-state index contributed by atoms with van der Waals surface area (Å²) in [5.74, 6) is -0.108. The van der Waals surface area contributed by atoms with E-state index in [1.165, 1.54) is 18.2 Å². The van der Waals surface area contributed by atoms with E-state index in [-0.39, 0.29) is 40.4 Å². The average Bonchev–Trinajstić information content (AvgIpc) is 2.53. The predicted octanol–water partition coefficient (Wildman–Crippen LogP) is 4.06. The molecule has 0 aliphatic heterocycles. The van der Waals surface area contributed by atoms with Crippen LogP contribution < -0.4 is 4.74 Å². The van der Waals surface area contributed by atoms with E-state index in [1.807, 2.05) is 0 Å². The van der Waals surface area contributed by atoms with Crippen LogP contribution in [0.5, 0.6) is 5.75 Å². The van der Waals surface area contributed by atoms with Crippen molar-refractivity contribution in [2.24, 2.45) is 0 Å². The van der Waals surface area contributed by atoms with Crippen molar-refractivity contribution in [1.29, 1.82) is 0 Å². The van der Waals surface area contributed by atoms with E-state index in [2.05, 4.69) is 14.7 Å². The molecule has 0 aliphatic carbocycles. The van der Waals surface area contributed by atoms with Crippen LogP contribution in [0.4, 0.5) is 13.2 Å². The van der Waals surface area contributed by atoms with Gasteiger partial charge in [-0.3, -0.25) is 4.79 Å². The molecular formula is C14H9Cl2F3N2O3. The minimum atomic E-state index is -4.52. The zero-order chi connectivity index (χ0) is 17.7. The Morgan fingerprint density at radius 3 is 2.58 bits per heavy atom. The lowest BCUT2D eigenvalue weighted by atomic mass is 10.1. The number of nitrogens with zero attached hydrogens (tertiary/aromatic N) is 2. The zero-order valence-electron chi connectivity index (χ0n) is 11.8. The van der Waals surface area contributed by atoms with Gasteiger partial charge in [0, 0.05) is 5.56 Å². The standard InChI is InChI=1S/C14H9Cl2F3N2O3/c15-9-2-1-8(3-10(9)16)13-11(24-6-14(17,18)19)4-20-12(21-13)5-23-7-22/h1-4,7H,5-6H2. The Balaban J connectivity index is 2.42. The summed E-state index contributed by atoms with van der Waals surface area (Å²) in [5.41, 5.74) is 0.439. The Morgan fingerprint density at radius 1 is 1.21 bits per heavy atom. The maximum Gasteiger partial charge on any atom is 0.422 e. The molecule has 2 rings (SSSR count). The molecule has 5 nitrogen and oxygen atoms in total. The summed E-state index contributed by atoms with van der Waals surface area (Å²) in [7, 11) is 0. The van der Waals surface area contributed by atoms with Crippen molar-refractivity contribution < 1.29 is 27.4 Å². The minimum absolute atomic E-state index is 0.0670. The molecule has 0 spiro atoms. The van der Waals surface area contributed by atoms with Crippen molar-refractivity contribution in [1.82, 2.24) is 9.97 Å². The first-order valence-corrected chi connectivity index (χ1v) is 7.12. The summed E-state index contributed by atoms with van der Waals surface area (Å²) in [4.78, 5) is 18.1. The van der Waals surface area contributed by atoms with Crippen LogP contribution in [0.25, 0.3) is 11.3 Å². The molecule has 0 fully saturated rings. The van der Waals surface area contributed by atoms with Crippen LogP contribution in [-0.2, 0) is 16.1 Å². The van der Waals surface area contributed by atoms with E-state index in [0.717, 1.165) is 6.20 Å². The lowest BCUT2D eigenvalue weighted by Gasteiger charge is -2.13. The smallest absolute Gasteiger partial charge is 0.422 e. The van der Waals surface area contributed by atoms with Gasteiger partial charge in [0.05, 0.1) is 16.2 Å². The molecule has 2 aromatic rings. The number of halogens is 5. The Kier molecular flexibility index (Phi) is 5.84. The average molecular weight is 381 g/mol. The fourth-order valence-corrected chi connectivity index (χ4v) is 2.00. The number of ether oxygens (including phenoxy) is 2. The fourth-order valence-electron chi connectivity index (χ4n) is 1.70. The highest BCUT2D eigenvalue weighted by molar-refractivity contribution is 6.42. The minimum Gasteiger partial charge on any atom is -0.480 e. The number of hydrogen-bond donors (Lipinski definition) is 0. The molecule has 0 N–H and O–H groups in total. The van der Waals surface area contributed by atoms with Gasteiger partial charge in [-0.05, 0) is 12.1 Å². The number of carbonyl (C=O) groups is 1. The molecule has 1 aromatic carbocycles. The second-order valence-corrected chi connectivity index (χ2v) is 5.25. The second kappa shape index (κ2) is 7.67. The van der Waals surface area contributed by atoms with Crippen LogP contribution in [-0.4, -0.2) is 29.2 Å². The van der Waals surface area contributed by atoms with Crippen molar-refractivity contribution in [2.45, 2.75) is 12.8 Å². The number of carbonyl (C=O) groups excluding carboxylic acids is 1. The van der Waals surface area contributed by atoms with E-state index in [4.69, 9.17) is 27.9 Å². The molecule has 0 atom stereocenters. The summed E-state index contributed by atoms with van der Waals surface area (Å²) < 4.78 is 46.4. The summed E-state index contributed by atoms with van der Waals surface area (Å²) in [6, 6.07) is 4.41. The van der Waals surface area contributed by atoms with Crippen LogP contribution in [0.2, 0.25) is 10.0 Å². The van der Waals surface area contributed by atoms with Gasteiger partial charge in [0.25, 0.3) is 6.47 Å². The highest BCUT2D eigenvalue weighted by Gasteiger charge is 2.29. The molecule has 0 saturated heterocycles.